The Kier molecular flexibility index (Phi) is 4.35. The number of likely N-dealkylation sites (tertiary alicyclic amines) is 1. The van der Waals surface area contributed by atoms with Crippen molar-refractivity contribution in [3.05, 3.63) is 0 Å². The van der Waals surface area contributed by atoms with E-state index in [1.165, 1.54) is 26.1 Å². The molecule has 2 N–H and O–H groups in total. The summed E-state index contributed by atoms with van der Waals surface area (Å²) in [6.45, 7) is 11.2. The lowest BCUT2D eigenvalue weighted by Crippen LogP contribution is -2.45. The molecule has 1 rings (SSSR count). The highest BCUT2D eigenvalue weighted by atomic mass is 16.3. The Balaban J connectivity index is 2.20. The van der Waals surface area contributed by atoms with E-state index in [4.69, 9.17) is 5.11 Å². The molecular weight excluding hydrogens is 176 g/mol. The van der Waals surface area contributed by atoms with Gasteiger partial charge in [-0.1, -0.05) is 6.92 Å². The second kappa shape index (κ2) is 5.10. The Hall–Kier alpha value is -0.120. The molecule has 0 aliphatic carbocycles. The van der Waals surface area contributed by atoms with Crippen molar-refractivity contribution in [2.45, 2.75) is 32.7 Å². The van der Waals surface area contributed by atoms with Gasteiger partial charge in [0.15, 0.2) is 0 Å². The van der Waals surface area contributed by atoms with Crippen LogP contribution in [0.5, 0.6) is 0 Å². The predicted molar refractivity (Wildman–Crippen MR) is 59.4 cm³/mol. The SMILES string of the molecule is CCN1CCC(CNC(C)(C)CO)C1. The normalized spacial score (nSPS) is 24.4. The molecular formula is C11H24N2O. The molecule has 14 heavy (non-hydrogen) atoms. The summed E-state index contributed by atoms with van der Waals surface area (Å²) >= 11 is 0. The van der Waals surface area contributed by atoms with E-state index in [-0.39, 0.29) is 12.1 Å². The molecule has 0 aromatic rings. The lowest BCUT2D eigenvalue weighted by Gasteiger charge is -2.25. The second-order valence-corrected chi connectivity index (χ2v) is 4.97. The minimum atomic E-state index is -0.125. The van der Waals surface area contributed by atoms with Crippen LogP contribution in [-0.2, 0) is 0 Å². The molecule has 1 heterocycles. The van der Waals surface area contributed by atoms with Gasteiger partial charge in [0.1, 0.15) is 0 Å². The van der Waals surface area contributed by atoms with Gasteiger partial charge in [0.25, 0.3) is 0 Å². The maximum absolute atomic E-state index is 9.09. The zero-order valence-corrected chi connectivity index (χ0v) is 9.71. The topological polar surface area (TPSA) is 35.5 Å². The molecule has 0 aromatic carbocycles. The van der Waals surface area contributed by atoms with Crippen LogP contribution in [0.4, 0.5) is 0 Å². The van der Waals surface area contributed by atoms with Crippen molar-refractivity contribution in [3.63, 3.8) is 0 Å². The molecule has 1 fully saturated rings. The maximum atomic E-state index is 9.09. The van der Waals surface area contributed by atoms with Crippen LogP contribution < -0.4 is 5.32 Å². The number of nitrogens with zero attached hydrogens (tertiary/aromatic N) is 1. The highest BCUT2D eigenvalue weighted by molar-refractivity contribution is 4.81. The molecule has 3 nitrogen and oxygen atoms in total. The van der Waals surface area contributed by atoms with Gasteiger partial charge in [0.05, 0.1) is 6.61 Å². The van der Waals surface area contributed by atoms with E-state index < -0.39 is 0 Å². The van der Waals surface area contributed by atoms with Gasteiger partial charge in [-0.3, -0.25) is 0 Å². The lowest BCUT2D eigenvalue weighted by molar-refractivity contribution is 0.182. The first-order valence-corrected chi connectivity index (χ1v) is 5.65. The van der Waals surface area contributed by atoms with Gasteiger partial charge in [-0.15, -0.1) is 0 Å². The van der Waals surface area contributed by atoms with Crippen LogP contribution in [0.3, 0.4) is 0 Å². The summed E-state index contributed by atoms with van der Waals surface area (Å²) < 4.78 is 0. The number of aliphatic hydroxyl groups excluding tert-OH is 1. The molecule has 1 saturated heterocycles. The zero-order chi connectivity index (χ0) is 10.6. The first-order valence-electron chi connectivity index (χ1n) is 5.65. The quantitative estimate of drug-likeness (QED) is 0.685. The molecule has 84 valence electrons. The fourth-order valence-electron chi connectivity index (χ4n) is 1.84. The van der Waals surface area contributed by atoms with E-state index in [9.17, 15) is 0 Å². The van der Waals surface area contributed by atoms with Crippen molar-refractivity contribution in [2.24, 2.45) is 5.92 Å². The third-order valence-electron chi connectivity index (χ3n) is 3.08. The summed E-state index contributed by atoms with van der Waals surface area (Å²) in [7, 11) is 0. The molecule has 0 spiro atoms. The highest BCUT2D eigenvalue weighted by Crippen LogP contribution is 2.15. The monoisotopic (exact) mass is 200 g/mol. The number of hydrogen-bond acceptors (Lipinski definition) is 3. The van der Waals surface area contributed by atoms with Crippen LogP contribution in [0.15, 0.2) is 0 Å². The summed E-state index contributed by atoms with van der Waals surface area (Å²) in [5.41, 5.74) is -0.125. The first kappa shape index (κ1) is 12.0. The Morgan fingerprint density at radius 1 is 1.50 bits per heavy atom. The van der Waals surface area contributed by atoms with Crippen LogP contribution in [0.25, 0.3) is 0 Å². The van der Waals surface area contributed by atoms with Gasteiger partial charge >= 0.3 is 0 Å². The second-order valence-electron chi connectivity index (χ2n) is 4.97. The highest BCUT2D eigenvalue weighted by Gasteiger charge is 2.23. The van der Waals surface area contributed by atoms with E-state index >= 15 is 0 Å². The van der Waals surface area contributed by atoms with Crippen LogP contribution in [-0.4, -0.2) is 48.3 Å². The van der Waals surface area contributed by atoms with Gasteiger partial charge in [-0.05, 0) is 45.8 Å². The zero-order valence-electron chi connectivity index (χ0n) is 9.71. The molecule has 0 bridgehead atoms. The van der Waals surface area contributed by atoms with Gasteiger partial charge < -0.3 is 15.3 Å². The van der Waals surface area contributed by atoms with E-state index in [0.717, 1.165) is 12.5 Å². The van der Waals surface area contributed by atoms with E-state index in [1.54, 1.807) is 0 Å². The number of hydrogen-bond donors (Lipinski definition) is 2. The van der Waals surface area contributed by atoms with Crippen molar-refractivity contribution in [2.75, 3.05) is 32.8 Å². The van der Waals surface area contributed by atoms with Gasteiger partial charge in [-0.25, -0.2) is 0 Å². The number of rotatable bonds is 5. The largest absolute Gasteiger partial charge is 0.394 e. The van der Waals surface area contributed by atoms with E-state index in [0.29, 0.717) is 0 Å². The summed E-state index contributed by atoms with van der Waals surface area (Å²) in [5, 5.41) is 12.5. The summed E-state index contributed by atoms with van der Waals surface area (Å²) in [4.78, 5) is 2.48. The van der Waals surface area contributed by atoms with Crippen molar-refractivity contribution in [1.82, 2.24) is 10.2 Å². The molecule has 0 aromatic heterocycles. The molecule has 0 amide bonds. The molecule has 3 heteroatoms. The minimum Gasteiger partial charge on any atom is -0.394 e. The minimum absolute atomic E-state index is 0.125. The fourth-order valence-corrected chi connectivity index (χ4v) is 1.84. The van der Waals surface area contributed by atoms with Crippen LogP contribution in [0.2, 0.25) is 0 Å². The summed E-state index contributed by atoms with van der Waals surface area (Å²) in [6, 6.07) is 0. The van der Waals surface area contributed by atoms with E-state index in [1.807, 2.05) is 13.8 Å². The van der Waals surface area contributed by atoms with Crippen molar-refractivity contribution in [1.29, 1.82) is 0 Å². The smallest absolute Gasteiger partial charge is 0.0607 e. The average Bonchev–Trinajstić information content (AvgIpc) is 2.63. The Morgan fingerprint density at radius 2 is 2.21 bits per heavy atom. The summed E-state index contributed by atoms with van der Waals surface area (Å²) in [5.74, 6) is 0.765. The number of nitrogens with one attached hydrogen (secondary N) is 1. The van der Waals surface area contributed by atoms with Crippen LogP contribution in [0.1, 0.15) is 27.2 Å². The Bertz CT molecular complexity index is 171. The maximum Gasteiger partial charge on any atom is 0.0607 e. The predicted octanol–water partition coefficient (Wildman–Crippen LogP) is 0.689. The lowest BCUT2D eigenvalue weighted by atomic mass is 10.0. The third-order valence-corrected chi connectivity index (χ3v) is 3.08. The van der Waals surface area contributed by atoms with E-state index in [2.05, 4.69) is 17.1 Å². The standard InChI is InChI=1S/C11H24N2O/c1-4-13-6-5-10(8-13)7-12-11(2,3)9-14/h10,12,14H,4-9H2,1-3H3. The Labute approximate surface area is 87.5 Å². The molecule has 0 saturated carbocycles. The van der Waals surface area contributed by atoms with Gasteiger partial charge in [0.2, 0.25) is 0 Å². The first-order chi connectivity index (χ1) is 6.57. The summed E-state index contributed by atoms with van der Waals surface area (Å²) in [6.07, 6.45) is 1.29. The number of aliphatic hydroxyl groups is 1. The van der Waals surface area contributed by atoms with Crippen molar-refractivity contribution >= 4 is 0 Å². The third kappa shape index (κ3) is 3.56. The van der Waals surface area contributed by atoms with Crippen LogP contribution in [0, 0.1) is 5.92 Å². The van der Waals surface area contributed by atoms with Crippen LogP contribution >= 0.6 is 0 Å². The molecule has 1 atom stereocenters. The molecule has 1 aliphatic heterocycles. The van der Waals surface area contributed by atoms with Gasteiger partial charge in [0, 0.05) is 12.1 Å². The average molecular weight is 200 g/mol. The molecule has 1 unspecified atom stereocenters. The molecule has 0 radical (unpaired) electrons. The van der Waals surface area contributed by atoms with Crippen molar-refractivity contribution < 1.29 is 5.11 Å². The van der Waals surface area contributed by atoms with Gasteiger partial charge in [-0.2, -0.15) is 0 Å². The van der Waals surface area contributed by atoms with Crippen molar-refractivity contribution in [3.8, 4) is 0 Å². The Morgan fingerprint density at radius 3 is 2.71 bits per heavy atom. The molecule has 1 aliphatic rings. The fraction of sp³-hybridized carbons (Fsp3) is 1.00.